The topological polar surface area (TPSA) is 36.0 Å². The fourth-order valence-corrected chi connectivity index (χ4v) is 2.08. The average molecular weight is 203 g/mol. The normalized spacial score (nSPS) is 11.5. The summed E-state index contributed by atoms with van der Waals surface area (Å²) in [5.41, 5.74) is 3.75. The molecule has 2 heteroatoms. The molecule has 0 saturated heterocycles. The Morgan fingerprint density at radius 3 is 2.80 bits per heavy atom. The van der Waals surface area contributed by atoms with E-state index in [4.69, 9.17) is 5.11 Å². The molecule has 1 aromatic heterocycles. The van der Waals surface area contributed by atoms with Crippen molar-refractivity contribution in [3.05, 3.63) is 35.5 Å². The number of aliphatic hydroxyl groups is 1. The third-order valence-electron chi connectivity index (χ3n) is 2.82. The van der Waals surface area contributed by atoms with Crippen LogP contribution in [0.4, 0.5) is 0 Å². The molecular formula is C13H17NO. The molecule has 0 unspecified atom stereocenters. The minimum atomic E-state index is 0.208. The SMILES string of the molecule is CC(C)c1cccc2[nH]cc(CCO)c12. The molecule has 2 aromatic rings. The maximum atomic E-state index is 9.01. The zero-order valence-corrected chi connectivity index (χ0v) is 9.25. The molecule has 0 atom stereocenters. The number of aromatic amines is 1. The Kier molecular flexibility index (Phi) is 2.78. The maximum absolute atomic E-state index is 9.01. The third-order valence-corrected chi connectivity index (χ3v) is 2.82. The lowest BCUT2D eigenvalue weighted by Gasteiger charge is -2.08. The lowest BCUT2D eigenvalue weighted by Crippen LogP contribution is -1.93. The van der Waals surface area contributed by atoms with Crippen LogP contribution in [0, 0.1) is 0 Å². The summed E-state index contributed by atoms with van der Waals surface area (Å²) in [5, 5.41) is 10.3. The van der Waals surface area contributed by atoms with Crippen LogP contribution in [0.3, 0.4) is 0 Å². The molecule has 2 rings (SSSR count). The second kappa shape index (κ2) is 4.07. The monoisotopic (exact) mass is 203 g/mol. The zero-order chi connectivity index (χ0) is 10.8. The highest BCUT2D eigenvalue weighted by Crippen LogP contribution is 2.28. The fraction of sp³-hybridized carbons (Fsp3) is 0.385. The van der Waals surface area contributed by atoms with E-state index in [1.165, 1.54) is 22.0 Å². The van der Waals surface area contributed by atoms with Gasteiger partial charge in [-0.05, 0) is 29.5 Å². The van der Waals surface area contributed by atoms with Gasteiger partial charge in [-0.25, -0.2) is 0 Å². The van der Waals surface area contributed by atoms with Crippen molar-refractivity contribution in [2.45, 2.75) is 26.2 Å². The first-order valence-electron chi connectivity index (χ1n) is 5.43. The lowest BCUT2D eigenvalue weighted by molar-refractivity contribution is 0.300. The van der Waals surface area contributed by atoms with E-state index in [0.29, 0.717) is 5.92 Å². The van der Waals surface area contributed by atoms with E-state index < -0.39 is 0 Å². The predicted molar refractivity (Wildman–Crippen MR) is 63.2 cm³/mol. The highest BCUT2D eigenvalue weighted by atomic mass is 16.2. The Hall–Kier alpha value is -1.28. The van der Waals surface area contributed by atoms with Gasteiger partial charge in [-0.2, -0.15) is 0 Å². The first kappa shape index (κ1) is 10.2. The molecule has 2 N–H and O–H groups in total. The fourth-order valence-electron chi connectivity index (χ4n) is 2.08. The summed E-state index contributed by atoms with van der Waals surface area (Å²) in [6.07, 6.45) is 2.73. The summed E-state index contributed by atoms with van der Waals surface area (Å²) in [6, 6.07) is 6.33. The van der Waals surface area contributed by atoms with Crippen molar-refractivity contribution in [2.75, 3.05) is 6.61 Å². The first-order chi connectivity index (χ1) is 7.24. The predicted octanol–water partition coefficient (Wildman–Crippen LogP) is 2.83. The van der Waals surface area contributed by atoms with Crippen LogP contribution in [0.5, 0.6) is 0 Å². The molecule has 0 aliphatic carbocycles. The van der Waals surface area contributed by atoms with Crippen LogP contribution in [-0.4, -0.2) is 16.7 Å². The molecule has 0 aliphatic rings. The molecule has 1 heterocycles. The van der Waals surface area contributed by atoms with Gasteiger partial charge in [0.25, 0.3) is 0 Å². The summed E-state index contributed by atoms with van der Waals surface area (Å²) in [7, 11) is 0. The molecule has 0 radical (unpaired) electrons. The number of aliphatic hydroxyl groups excluding tert-OH is 1. The number of H-pyrrole nitrogens is 1. The number of rotatable bonds is 3. The van der Waals surface area contributed by atoms with Crippen LogP contribution in [0.1, 0.15) is 30.9 Å². The number of benzene rings is 1. The largest absolute Gasteiger partial charge is 0.396 e. The van der Waals surface area contributed by atoms with Gasteiger partial charge in [-0.3, -0.25) is 0 Å². The smallest absolute Gasteiger partial charge is 0.0472 e. The maximum Gasteiger partial charge on any atom is 0.0472 e. The second-order valence-electron chi connectivity index (χ2n) is 4.21. The Morgan fingerprint density at radius 2 is 2.13 bits per heavy atom. The standard InChI is InChI=1S/C13H17NO/c1-9(2)11-4-3-5-12-13(11)10(6-7-15)8-14-12/h3-5,8-9,14-15H,6-7H2,1-2H3. The van der Waals surface area contributed by atoms with E-state index in [2.05, 4.69) is 37.0 Å². The van der Waals surface area contributed by atoms with E-state index in [1.807, 2.05) is 6.20 Å². The Balaban J connectivity index is 2.63. The zero-order valence-electron chi connectivity index (χ0n) is 9.25. The van der Waals surface area contributed by atoms with Crippen LogP contribution >= 0.6 is 0 Å². The average Bonchev–Trinajstić information content (AvgIpc) is 2.62. The van der Waals surface area contributed by atoms with Crippen molar-refractivity contribution >= 4 is 10.9 Å². The molecular weight excluding hydrogens is 186 g/mol. The Labute approximate surface area is 89.9 Å². The second-order valence-corrected chi connectivity index (χ2v) is 4.21. The minimum absolute atomic E-state index is 0.208. The summed E-state index contributed by atoms with van der Waals surface area (Å²) in [4.78, 5) is 3.26. The van der Waals surface area contributed by atoms with E-state index in [0.717, 1.165) is 6.42 Å². The van der Waals surface area contributed by atoms with Crippen molar-refractivity contribution < 1.29 is 5.11 Å². The van der Waals surface area contributed by atoms with Gasteiger partial charge < -0.3 is 10.1 Å². The van der Waals surface area contributed by atoms with Crippen LogP contribution in [-0.2, 0) is 6.42 Å². The van der Waals surface area contributed by atoms with Gasteiger partial charge in [0.2, 0.25) is 0 Å². The molecule has 1 aromatic carbocycles. The number of nitrogens with one attached hydrogen (secondary N) is 1. The molecule has 0 amide bonds. The van der Waals surface area contributed by atoms with Crippen LogP contribution in [0.25, 0.3) is 10.9 Å². The highest BCUT2D eigenvalue weighted by molar-refractivity contribution is 5.87. The molecule has 0 bridgehead atoms. The number of fused-ring (bicyclic) bond motifs is 1. The van der Waals surface area contributed by atoms with Gasteiger partial charge in [-0.15, -0.1) is 0 Å². The first-order valence-corrected chi connectivity index (χ1v) is 5.43. The van der Waals surface area contributed by atoms with Gasteiger partial charge in [0.1, 0.15) is 0 Å². The number of hydrogen-bond donors (Lipinski definition) is 2. The van der Waals surface area contributed by atoms with E-state index in [1.54, 1.807) is 0 Å². The van der Waals surface area contributed by atoms with Crippen molar-refractivity contribution in [3.63, 3.8) is 0 Å². The van der Waals surface area contributed by atoms with Gasteiger partial charge in [-0.1, -0.05) is 26.0 Å². The molecule has 2 nitrogen and oxygen atoms in total. The quantitative estimate of drug-likeness (QED) is 0.790. The third kappa shape index (κ3) is 1.77. The Morgan fingerprint density at radius 1 is 1.33 bits per heavy atom. The lowest BCUT2D eigenvalue weighted by atomic mass is 9.96. The summed E-state index contributed by atoms with van der Waals surface area (Å²) < 4.78 is 0. The van der Waals surface area contributed by atoms with Gasteiger partial charge >= 0.3 is 0 Å². The van der Waals surface area contributed by atoms with Crippen LogP contribution < -0.4 is 0 Å². The molecule has 0 fully saturated rings. The van der Waals surface area contributed by atoms with Crippen LogP contribution in [0.2, 0.25) is 0 Å². The highest BCUT2D eigenvalue weighted by Gasteiger charge is 2.10. The van der Waals surface area contributed by atoms with E-state index >= 15 is 0 Å². The van der Waals surface area contributed by atoms with Crippen molar-refractivity contribution in [1.29, 1.82) is 0 Å². The van der Waals surface area contributed by atoms with Gasteiger partial charge in [0.05, 0.1) is 0 Å². The van der Waals surface area contributed by atoms with Crippen LogP contribution in [0.15, 0.2) is 24.4 Å². The van der Waals surface area contributed by atoms with Gasteiger partial charge in [0, 0.05) is 23.7 Å². The minimum Gasteiger partial charge on any atom is -0.396 e. The summed E-state index contributed by atoms with van der Waals surface area (Å²) >= 11 is 0. The number of aromatic nitrogens is 1. The molecule has 80 valence electrons. The molecule has 0 spiro atoms. The van der Waals surface area contributed by atoms with Crippen molar-refractivity contribution in [2.24, 2.45) is 0 Å². The molecule has 0 aliphatic heterocycles. The Bertz CT molecular complexity index is 457. The molecule has 0 saturated carbocycles. The van der Waals surface area contributed by atoms with E-state index in [-0.39, 0.29) is 6.61 Å². The van der Waals surface area contributed by atoms with Gasteiger partial charge in [0.15, 0.2) is 0 Å². The molecule has 15 heavy (non-hydrogen) atoms. The summed E-state index contributed by atoms with van der Waals surface area (Å²) in [5.74, 6) is 0.516. The van der Waals surface area contributed by atoms with Crippen molar-refractivity contribution in [3.8, 4) is 0 Å². The summed E-state index contributed by atoms with van der Waals surface area (Å²) in [6.45, 7) is 4.61. The van der Waals surface area contributed by atoms with Crippen molar-refractivity contribution in [1.82, 2.24) is 4.98 Å². The van der Waals surface area contributed by atoms with E-state index in [9.17, 15) is 0 Å². The number of hydrogen-bond acceptors (Lipinski definition) is 1.